The maximum absolute atomic E-state index is 5.55. The van der Waals surface area contributed by atoms with Crippen LogP contribution in [0.1, 0.15) is 17.0 Å². The highest BCUT2D eigenvalue weighted by molar-refractivity contribution is 5.58. The lowest BCUT2D eigenvalue weighted by molar-refractivity contribution is 0.235. The van der Waals surface area contributed by atoms with Crippen molar-refractivity contribution < 1.29 is 9.26 Å². The highest BCUT2D eigenvalue weighted by Gasteiger charge is 2.20. The zero-order valence-electron chi connectivity index (χ0n) is 16.7. The van der Waals surface area contributed by atoms with Crippen molar-refractivity contribution >= 4 is 0 Å². The van der Waals surface area contributed by atoms with E-state index in [9.17, 15) is 0 Å². The number of aromatic nitrogens is 4. The van der Waals surface area contributed by atoms with Crippen molar-refractivity contribution in [1.29, 1.82) is 0 Å². The van der Waals surface area contributed by atoms with Crippen LogP contribution < -0.4 is 4.74 Å². The second kappa shape index (κ2) is 8.04. The molecule has 0 unspecified atom stereocenters. The highest BCUT2D eigenvalue weighted by Crippen LogP contribution is 2.25. The number of nitrogens with zero attached hydrogens (tertiary/aromatic N) is 5. The molecule has 0 spiro atoms. The van der Waals surface area contributed by atoms with Crippen molar-refractivity contribution in [3.05, 3.63) is 78.0 Å². The Kier molecular flexibility index (Phi) is 4.94. The van der Waals surface area contributed by atoms with Gasteiger partial charge in [-0.1, -0.05) is 5.16 Å². The summed E-state index contributed by atoms with van der Waals surface area (Å²) in [5, 5.41) is 4.25. The smallest absolute Gasteiger partial charge is 0.167 e. The van der Waals surface area contributed by atoms with Gasteiger partial charge in [0.1, 0.15) is 5.75 Å². The van der Waals surface area contributed by atoms with Crippen molar-refractivity contribution in [3.8, 4) is 28.5 Å². The van der Waals surface area contributed by atoms with Gasteiger partial charge in [-0.2, -0.15) is 0 Å². The minimum absolute atomic E-state index is 0.726. The fourth-order valence-corrected chi connectivity index (χ4v) is 3.65. The maximum atomic E-state index is 5.55. The van der Waals surface area contributed by atoms with Crippen LogP contribution in [0.3, 0.4) is 0 Å². The summed E-state index contributed by atoms with van der Waals surface area (Å²) < 4.78 is 10.8. The summed E-state index contributed by atoms with van der Waals surface area (Å²) >= 11 is 0. The molecule has 0 bridgehead atoms. The molecule has 0 amide bonds. The molecule has 5 rings (SSSR count). The first kappa shape index (κ1) is 18.4. The maximum Gasteiger partial charge on any atom is 0.167 e. The number of pyridine rings is 1. The SMILES string of the molecule is COc1ccc(-c2cc(CN3CCc4nc(-c5cccnc5)ncc4C3)no2)cc1. The van der Waals surface area contributed by atoms with Gasteiger partial charge in [-0.25, -0.2) is 9.97 Å². The van der Waals surface area contributed by atoms with E-state index in [0.29, 0.717) is 0 Å². The zero-order chi connectivity index (χ0) is 20.3. The molecule has 1 aliphatic heterocycles. The molecule has 0 saturated heterocycles. The fourth-order valence-electron chi connectivity index (χ4n) is 3.65. The first-order valence-electron chi connectivity index (χ1n) is 9.86. The van der Waals surface area contributed by atoms with Gasteiger partial charge >= 0.3 is 0 Å². The Hall–Kier alpha value is -3.58. The molecular formula is C23H21N5O2. The van der Waals surface area contributed by atoms with Gasteiger partial charge in [0.2, 0.25) is 0 Å². The van der Waals surface area contributed by atoms with Gasteiger partial charge in [-0.3, -0.25) is 9.88 Å². The fraction of sp³-hybridized carbons (Fsp3) is 0.217. The summed E-state index contributed by atoms with van der Waals surface area (Å²) in [7, 11) is 1.66. The van der Waals surface area contributed by atoms with Gasteiger partial charge in [-0.05, 0) is 36.4 Å². The van der Waals surface area contributed by atoms with E-state index < -0.39 is 0 Å². The molecule has 0 radical (unpaired) electrons. The second-order valence-corrected chi connectivity index (χ2v) is 7.28. The van der Waals surface area contributed by atoms with Gasteiger partial charge < -0.3 is 9.26 Å². The standard InChI is InChI=1S/C23H21N5O2/c1-29-20-6-4-16(5-7-20)22-11-19(27-30-22)15-28-10-8-21-18(14-28)13-25-23(26-21)17-3-2-9-24-12-17/h2-7,9,11-13H,8,10,14-15H2,1H3. The molecule has 0 atom stereocenters. The van der Waals surface area contributed by atoms with E-state index in [-0.39, 0.29) is 0 Å². The third-order valence-electron chi connectivity index (χ3n) is 5.25. The quantitative estimate of drug-likeness (QED) is 0.506. The van der Waals surface area contributed by atoms with Crippen LogP contribution >= 0.6 is 0 Å². The van der Waals surface area contributed by atoms with Crippen LogP contribution in [0.4, 0.5) is 0 Å². The van der Waals surface area contributed by atoms with Crippen LogP contribution in [-0.2, 0) is 19.5 Å². The second-order valence-electron chi connectivity index (χ2n) is 7.28. The molecule has 0 fully saturated rings. The normalized spacial score (nSPS) is 13.8. The van der Waals surface area contributed by atoms with Gasteiger partial charge in [0.15, 0.2) is 11.6 Å². The van der Waals surface area contributed by atoms with Crippen LogP contribution in [0.5, 0.6) is 5.75 Å². The topological polar surface area (TPSA) is 77.2 Å². The van der Waals surface area contributed by atoms with E-state index in [1.165, 1.54) is 0 Å². The average molecular weight is 399 g/mol. The van der Waals surface area contributed by atoms with Crippen LogP contribution in [0.15, 0.2) is 65.6 Å². The number of hydrogen-bond acceptors (Lipinski definition) is 7. The minimum atomic E-state index is 0.726. The molecule has 0 N–H and O–H groups in total. The Morgan fingerprint density at radius 2 is 2.00 bits per heavy atom. The number of benzene rings is 1. The van der Waals surface area contributed by atoms with Crippen molar-refractivity contribution in [2.75, 3.05) is 13.7 Å². The molecule has 0 aliphatic carbocycles. The van der Waals surface area contributed by atoms with Gasteiger partial charge in [0.05, 0.1) is 18.5 Å². The van der Waals surface area contributed by atoms with E-state index in [0.717, 1.165) is 71.5 Å². The zero-order valence-corrected chi connectivity index (χ0v) is 16.7. The largest absolute Gasteiger partial charge is 0.497 e. The molecule has 3 aromatic heterocycles. The van der Waals surface area contributed by atoms with Crippen LogP contribution in [0, 0.1) is 0 Å². The van der Waals surface area contributed by atoms with E-state index in [4.69, 9.17) is 14.2 Å². The Morgan fingerprint density at radius 3 is 2.80 bits per heavy atom. The lowest BCUT2D eigenvalue weighted by Gasteiger charge is -2.27. The predicted molar refractivity (Wildman–Crippen MR) is 112 cm³/mol. The molecule has 1 aromatic carbocycles. The van der Waals surface area contributed by atoms with E-state index >= 15 is 0 Å². The van der Waals surface area contributed by atoms with Crippen molar-refractivity contribution in [2.24, 2.45) is 0 Å². The minimum Gasteiger partial charge on any atom is -0.497 e. The number of ether oxygens (including phenoxy) is 1. The lowest BCUT2D eigenvalue weighted by atomic mass is 10.1. The average Bonchev–Trinajstić information content (AvgIpc) is 3.28. The predicted octanol–water partition coefficient (Wildman–Crippen LogP) is 3.76. The van der Waals surface area contributed by atoms with Crippen molar-refractivity contribution in [3.63, 3.8) is 0 Å². The van der Waals surface area contributed by atoms with Crippen LogP contribution in [0.2, 0.25) is 0 Å². The van der Waals surface area contributed by atoms with Gasteiger partial charge in [0, 0.05) is 67.4 Å². The monoisotopic (exact) mass is 399 g/mol. The van der Waals surface area contributed by atoms with Crippen molar-refractivity contribution in [1.82, 2.24) is 25.0 Å². The number of fused-ring (bicyclic) bond motifs is 1. The summed E-state index contributed by atoms with van der Waals surface area (Å²) in [6.07, 6.45) is 6.36. The lowest BCUT2D eigenvalue weighted by Crippen LogP contribution is -2.31. The number of methoxy groups -OCH3 is 1. The van der Waals surface area contributed by atoms with Gasteiger partial charge in [-0.15, -0.1) is 0 Å². The summed E-state index contributed by atoms with van der Waals surface area (Å²) in [4.78, 5) is 15.8. The van der Waals surface area contributed by atoms with E-state index in [1.807, 2.05) is 48.7 Å². The summed E-state index contributed by atoms with van der Waals surface area (Å²) in [5.74, 6) is 2.31. The molecule has 4 aromatic rings. The molecule has 30 heavy (non-hydrogen) atoms. The molecule has 4 heterocycles. The Labute approximate surface area is 174 Å². The highest BCUT2D eigenvalue weighted by atomic mass is 16.5. The molecule has 1 aliphatic rings. The summed E-state index contributed by atoms with van der Waals surface area (Å²) in [6, 6.07) is 13.7. The third kappa shape index (κ3) is 3.79. The Bertz CT molecular complexity index is 1140. The van der Waals surface area contributed by atoms with Crippen LogP contribution in [-0.4, -0.2) is 38.7 Å². The molecule has 7 heteroatoms. The first-order chi connectivity index (χ1) is 14.8. The molecular weight excluding hydrogens is 378 g/mol. The first-order valence-corrected chi connectivity index (χ1v) is 9.86. The van der Waals surface area contributed by atoms with E-state index in [1.54, 1.807) is 19.5 Å². The number of rotatable bonds is 5. The summed E-state index contributed by atoms with van der Waals surface area (Å²) in [6.45, 7) is 2.44. The third-order valence-corrected chi connectivity index (χ3v) is 5.25. The molecule has 7 nitrogen and oxygen atoms in total. The van der Waals surface area contributed by atoms with Crippen LogP contribution in [0.25, 0.3) is 22.7 Å². The molecule has 150 valence electrons. The Balaban J connectivity index is 1.27. The van der Waals surface area contributed by atoms with Crippen molar-refractivity contribution in [2.45, 2.75) is 19.5 Å². The van der Waals surface area contributed by atoms with E-state index in [2.05, 4.69) is 20.0 Å². The Morgan fingerprint density at radius 1 is 1.10 bits per heavy atom. The summed E-state index contributed by atoms with van der Waals surface area (Å²) in [5.41, 5.74) is 5.11. The molecule has 0 saturated carbocycles. The van der Waals surface area contributed by atoms with Gasteiger partial charge in [0.25, 0.3) is 0 Å². The number of hydrogen-bond donors (Lipinski definition) is 0.